The smallest absolute Gasteiger partial charge is 0.0234 e. The van der Waals surface area contributed by atoms with Crippen LogP contribution in [0.4, 0.5) is 0 Å². The van der Waals surface area contributed by atoms with Crippen molar-refractivity contribution in [1.29, 1.82) is 0 Å². The summed E-state index contributed by atoms with van der Waals surface area (Å²) in [4.78, 5) is 2.38. The van der Waals surface area contributed by atoms with E-state index >= 15 is 0 Å². The van der Waals surface area contributed by atoms with Crippen LogP contribution in [0.1, 0.15) is 12.0 Å². The van der Waals surface area contributed by atoms with Crippen LogP contribution in [0.15, 0.2) is 36.9 Å². The molecule has 0 amide bonds. The molecule has 1 aliphatic rings. The third-order valence-electron chi connectivity index (χ3n) is 2.91. The Morgan fingerprint density at radius 1 is 1.40 bits per heavy atom. The van der Waals surface area contributed by atoms with E-state index in [1.807, 2.05) is 6.07 Å². The van der Waals surface area contributed by atoms with Crippen molar-refractivity contribution >= 4 is 5.57 Å². The predicted molar refractivity (Wildman–Crippen MR) is 64.5 cm³/mol. The van der Waals surface area contributed by atoms with Crippen molar-refractivity contribution in [2.75, 3.05) is 19.6 Å². The average molecular weight is 202 g/mol. The Labute approximate surface area is 91.4 Å². The first-order chi connectivity index (χ1) is 7.25. The Balaban J connectivity index is 1.93. The maximum Gasteiger partial charge on any atom is 0.0234 e. The maximum atomic E-state index is 5.87. The van der Waals surface area contributed by atoms with E-state index in [1.165, 1.54) is 11.1 Å². The molecule has 1 aromatic carbocycles. The van der Waals surface area contributed by atoms with Crippen molar-refractivity contribution in [3.63, 3.8) is 0 Å². The molecule has 0 bridgehead atoms. The second-order valence-corrected chi connectivity index (χ2v) is 4.25. The lowest BCUT2D eigenvalue weighted by molar-refractivity contribution is 0.377. The van der Waals surface area contributed by atoms with Crippen LogP contribution < -0.4 is 5.73 Å². The lowest BCUT2D eigenvalue weighted by atomic mass is 10.1. The number of nitrogens with two attached hydrogens (primary N) is 1. The highest BCUT2D eigenvalue weighted by Gasteiger charge is 2.19. The van der Waals surface area contributed by atoms with Gasteiger partial charge in [-0.1, -0.05) is 36.9 Å². The van der Waals surface area contributed by atoms with Gasteiger partial charge >= 0.3 is 0 Å². The summed E-state index contributed by atoms with van der Waals surface area (Å²) in [5.41, 5.74) is 8.29. The van der Waals surface area contributed by atoms with Crippen molar-refractivity contribution in [2.24, 2.45) is 5.73 Å². The quantitative estimate of drug-likeness (QED) is 0.809. The first-order valence-electron chi connectivity index (χ1n) is 5.47. The summed E-state index contributed by atoms with van der Waals surface area (Å²) in [6.45, 7) is 7.18. The standard InChI is InChI=1S/C13H18N2/c1-11(12-5-3-2-4-6-12)9-15-8-7-13(14)10-15/h2-6,13H,1,7-10,14H2/t13-/m0/s1. The zero-order chi connectivity index (χ0) is 10.7. The summed E-state index contributed by atoms with van der Waals surface area (Å²) in [5, 5.41) is 0. The van der Waals surface area contributed by atoms with E-state index in [0.717, 1.165) is 26.1 Å². The second-order valence-electron chi connectivity index (χ2n) is 4.25. The minimum atomic E-state index is 0.355. The van der Waals surface area contributed by atoms with Crippen molar-refractivity contribution in [1.82, 2.24) is 4.90 Å². The molecule has 1 aliphatic heterocycles. The Kier molecular flexibility index (Phi) is 3.19. The van der Waals surface area contributed by atoms with Crippen LogP contribution in [-0.4, -0.2) is 30.6 Å². The van der Waals surface area contributed by atoms with Gasteiger partial charge in [-0.15, -0.1) is 0 Å². The Morgan fingerprint density at radius 2 is 2.13 bits per heavy atom. The number of hydrogen-bond donors (Lipinski definition) is 1. The summed E-state index contributed by atoms with van der Waals surface area (Å²) < 4.78 is 0. The first-order valence-corrected chi connectivity index (χ1v) is 5.47. The molecular formula is C13H18N2. The highest BCUT2D eigenvalue weighted by atomic mass is 15.2. The van der Waals surface area contributed by atoms with Gasteiger partial charge in [0.15, 0.2) is 0 Å². The van der Waals surface area contributed by atoms with E-state index in [4.69, 9.17) is 5.73 Å². The lowest BCUT2D eigenvalue weighted by Crippen LogP contribution is -2.27. The van der Waals surface area contributed by atoms with Crippen LogP contribution in [0.2, 0.25) is 0 Å². The molecule has 2 heteroatoms. The normalized spacial score (nSPS) is 21.8. The molecule has 0 radical (unpaired) electrons. The number of benzene rings is 1. The van der Waals surface area contributed by atoms with Gasteiger partial charge in [0, 0.05) is 25.7 Å². The minimum Gasteiger partial charge on any atom is -0.326 e. The third-order valence-corrected chi connectivity index (χ3v) is 2.91. The fourth-order valence-electron chi connectivity index (χ4n) is 2.04. The van der Waals surface area contributed by atoms with Gasteiger partial charge in [-0.05, 0) is 17.6 Å². The van der Waals surface area contributed by atoms with Crippen molar-refractivity contribution < 1.29 is 0 Å². The summed E-state index contributed by atoms with van der Waals surface area (Å²) in [6.07, 6.45) is 1.11. The summed E-state index contributed by atoms with van der Waals surface area (Å²) in [6, 6.07) is 10.7. The van der Waals surface area contributed by atoms with Crippen molar-refractivity contribution in [3.8, 4) is 0 Å². The van der Waals surface area contributed by atoms with Crippen molar-refractivity contribution in [3.05, 3.63) is 42.5 Å². The largest absolute Gasteiger partial charge is 0.326 e. The van der Waals surface area contributed by atoms with E-state index in [0.29, 0.717) is 6.04 Å². The Morgan fingerprint density at radius 3 is 2.73 bits per heavy atom. The minimum absolute atomic E-state index is 0.355. The Hall–Kier alpha value is -1.12. The Bertz CT molecular complexity index is 332. The van der Waals surface area contributed by atoms with Gasteiger partial charge in [0.1, 0.15) is 0 Å². The van der Waals surface area contributed by atoms with E-state index in [9.17, 15) is 0 Å². The van der Waals surface area contributed by atoms with Crippen molar-refractivity contribution in [2.45, 2.75) is 12.5 Å². The van der Waals surface area contributed by atoms with E-state index < -0.39 is 0 Å². The zero-order valence-corrected chi connectivity index (χ0v) is 9.02. The average Bonchev–Trinajstić information content (AvgIpc) is 2.65. The number of nitrogens with zero attached hydrogens (tertiary/aromatic N) is 1. The van der Waals surface area contributed by atoms with Gasteiger partial charge < -0.3 is 5.73 Å². The molecule has 80 valence electrons. The zero-order valence-electron chi connectivity index (χ0n) is 9.02. The lowest BCUT2D eigenvalue weighted by Gasteiger charge is -2.16. The van der Waals surface area contributed by atoms with Gasteiger partial charge in [-0.25, -0.2) is 0 Å². The fourth-order valence-corrected chi connectivity index (χ4v) is 2.04. The van der Waals surface area contributed by atoms with Crippen LogP contribution in [-0.2, 0) is 0 Å². The topological polar surface area (TPSA) is 29.3 Å². The third kappa shape index (κ3) is 2.67. The van der Waals surface area contributed by atoms with Gasteiger partial charge in [-0.2, -0.15) is 0 Å². The molecule has 0 unspecified atom stereocenters. The molecule has 2 rings (SSSR count). The summed E-state index contributed by atoms with van der Waals surface area (Å²) in [7, 11) is 0. The maximum absolute atomic E-state index is 5.87. The number of likely N-dealkylation sites (tertiary alicyclic amines) is 1. The second kappa shape index (κ2) is 4.60. The van der Waals surface area contributed by atoms with Crippen LogP contribution in [0.25, 0.3) is 5.57 Å². The van der Waals surface area contributed by atoms with Crippen LogP contribution in [0.5, 0.6) is 0 Å². The SMILES string of the molecule is C=C(CN1CC[C@H](N)C1)c1ccccc1. The molecule has 2 N–H and O–H groups in total. The molecule has 1 saturated heterocycles. The molecule has 15 heavy (non-hydrogen) atoms. The molecule has 1 atom stereocenters. The number of hydrogen-bond acceptors (Lipinski definition) is 2. The van der Waals surface area contributed by atoms with Gasteiger partial charge in [0.2, 0.25) is 0 Å². The molecule has 0 saturated carbocycles. The van der Waals surface area contributed by atoms with Crippen LogP contribution in [0.3, 0.4) is 0 Å². The van der Waals surface area contributed by atoms with Gasteiger partial charge in [0.05, 0.1) is 0 Å². The van der Waals surface area contributed by atoms with Crippen LogP contribution in [0, 0.1) is 0 Å². The molecule has 0 aromatic heterocycles. The molecule has 0 spiro atoms. The fraction of sp³-hybridized carbons (Fsp3) is 0.385. The molecule has 0 aliphatic carbocycles. The number of rotatable bonds is 3. The summed E-state index contributed by atoms with van der Waals surface area (Å²) >= 11 is 0. The highest BCUT2D eigenvalue weighted by Crippen LogP contribution is 2.16. The highest BCUT2D eigenvalue weighted by molar-refractivity contribution is 5.64. The van der Waals surface area contributed by atoms with E-state index in [2.05, 4.69) is 35.7 Å². The van der Waals surface area contributed by atoms with E-state index in [1.54, 1.807) is 0 Å². The van der Waals surface area contributed by atoms with Gasteiger partial charge in [-0.3, -0.25) is 4.90 Å². The molecule has 1 heterocycles. The monoisotopic (exact) mass is 202 g/mol. The predicted octanol–water partition coefficient (Wildman–Crippen LogP) is 1.73. The summed E-state index contributed by atoms with van der Waals surface area (Å²) in [5.74, 6) is 0. The van der Waals surface area contributed by atoms with Crippen LogP contribution >= 0.6 is 0 Å². The van der Waals surface area contributed by atoms with E-state index in [-0.39, 0.29) is 0 Å². The molecule has 2 nitrogen and oxygen atoms in total. The molecule has 1 fully saturated rings. The molecule has 1 aromatic rings. The first kappa shape index (κ1) is 10.4. The van der Waals surface area contributed by atoms with Gasteiger partial charge in [0.25, 0.3) is 0 Å². The molecular weight excluding hydrogens is 184 g/mol.